The molecule has 3 heterocycles. The molecule has 7 nitrogen and oxygen atoms in total. The summed E-state index contributed by atoms with van der Waals surface area (Å²) in [6.07, 6.45) is 1.40. The lowest BCUT2D eigenvalue weighted by Crippen LogP contribution is -1.95. The van der Waals surface area contributed by atoms with Crippen LogP contribution in [0.15, 0.2) is 54.9 Å². The van der Waals surface area contributed by atoms with E-state index in [0.29, 0.717) is 39.4 Å². The quantitative estimate of drug-likeness (QED) is 0.497. The molecule has 3 N–H and O–H groups in total. The molecule has 0 saturated carbocycles. The number of H-pyrrole nitrogens is 1. The van der Waals surface area contributed by atoms with Crippen molar-refractivity contribution < 1.29 is 9.13 Å². The van der Waals surface area contributed by atoms with Gasteiger partial charge in [0.15, 0.2) is 17.2 Å². The molecule has 0 spiro atoms. The highest BCUT2D eigenvalue weighted by Crippen LogP contribution is 2.34. The highest BCUT2D eigenvalue weighted by molar-refractivity contribution is 5.99. The van der Waals surface area contributed by atoms with E-state index < -0.39 is 5.82 Å². The number of aromatic nitrogens is 5. The number of aromatic amines is 1. The van der Waals surface area contributed by atoms with E-state index in [0.717, 1.165) is 5.52 Å². The molecule has 0 radical (unpaired) electrons. The van der Waals surface area contributed by atoms with Gasteiger partial charge >= 0.3 is 0 Å². The van der Waals surface area contributed by atoms with Crippen LogP contribution in [0.4, 0.5) is 10.2 Å². The van der Waals surface area contributed by atoms with Gasteiger partial charge in [-0.2, -0.15) is 5.10 Å². The second-order valence-corrected chi connectivity index (χ2v) is 6.40. The number of ether oxygens (including phenoxy) is 1. The number of nitrogens with zero attached hydrogens (tertiary/aromatic N) is 4. The molecule has 0 atom stereocenters. The normalized spacial score (nSPS) is 11.4. The summed E-state index contributed by atoms with van der Waals surface area (Å²) in [7, 11) is 1.78. The average Bonchev–Trinajstić information content (AvgIpc) is 3.24. The average molecular weight is 374 g/mol. The highest BCUT2D eigenvalue weighted by atomic mass is 19.1. The van der Waals surface area contributed by atoms with Crippen LogP contribution in [-0.2, 0) is 7.05 Å². The third-order valence-corrected chi connectivity index (χ3v) is 4.55. The van der Waals surface area contributed by atoms with Gasteiger partial charge in [-0.3, -0.25) is 0 Å². The number of para-hydroxylation sites is 1. The monoisotopic (exact) mass is 374 g/mol. The highest BCUT2D eigenvalue weighted by Gasteiger charge is 2.18. The number of hydrogen-bond acceptors (Lipinski definition) is 5. The Morgan fingerprint density at radius 1 is 1.11 bits per heavy atom. The van der Waals surface area contributed by atoms with Crippen molar-refractivity contribution in [3.8, 4) is 22.9 Å². The Bertz CT molecular complexity index is 1330. The van der Waals surface area contributed by atoms with E-state index in [1.165, 1.54) is 12.4 Å². The third-order valence-electron chi connectivity index (χ3n) is 4.55. The van der Waals surface area contributed by atoms with Gasteiger partial charge in [-0.1, -0.05) is 18.2 Å². The van der Waals surface area contributed by atoms with Gasteiger partial charge in [-0.25, -0.2) is 19.0 Å². The van der Waals surface area contributed by atoms with Crippen molar-refractivity contribution in [1.29, 1.82) is 0 Å². The molecule has 0 amide bonds. The first-order chi connectivity index (χ1) is 13.6. The lowest BCUT2D eigenvalue weighted by molar-refractivity contribution is 0.443. The van der Waals surface area contributed by atoms with Crippen LogP contribution in [0.25, 0.3) is 33.3 Å². The predicted octanol–water partition coefficient (Wildman–Crippen LogP) is 4.03. The van der Waals surface area contributed by atoms with Gasteiger partial charge in [0.2, 0.25) is 0 Å². The molecule has 8 heteroatoms. The van der Waals surface area contributed by atoms with E-state index in [1.54, 1.807) is 29.9 Å². The Morgan fingerprint density at radius 2 is 1.93 bits per heavy atom. The van der Waals surface area contributed by atoms with Crippen molar-refractivity contribution >= 4 is 27.8 Å². The number of rotatable bonds is 3. The van der Waals surface area contributed by atoms with Crippen LogP contribution in [0.5, 0.6) is 11.5 Å². The molecule has 0 saturated heterocycles. The minimum absolute atomic E-state index is 0.140. The van der Waals surface area contributed by atoms with Gasteiger partial charge in [-0.05, 0) is 24.3 Å². The molecule has 5 aromatic rings. The summed E-state index contributed by atoms with van der Waals surface area (Å²) in [4.78, 5) is 11.6. The molecule has 0 bridgehead atoms. The van der Waals surface area contributed by atoms with Crippen LogP contribution in [0.2, 0.25) is 0 Å². The fourth-order valence-corrected chi connectivity index (χ4v) is 3.25. The lowest BCUT2D eigenvalue weighted by Gasteiger charge is -2.06. The first-order valence-electron chi connectivity index (χ1n) is 8.59. The topological polar surface area (TPSA) is 94.6 Å². The molecule has 3 aromatic heterocycles. The summed E-state index contributed by atoms with van der Waals surface area (Å²) in [6, 6.07) is 14.0. The third kappa shape index (κ3) is 2.54. The van der Waals surface area contributed by atoms with Crippen LogP contribution in [0, 0.1) is 5.82 Å². The van der Waals surface area contributed by atoms with Gasteiger partial charge in [0.25, 0.3) is 0 Å². The van der Waals surface area contributed by atoms with Crippen molar-refractivity contribution in [3.05, 3.63) is 60.7 Å². The van der Waals surface area contributed by atoms with Crippen LogP contribution in [-0.4, -0.2) is 24.7 Å². The molecular weight excluding hydrogens is 359 g/mol. The van der Waals surface area contributed by atoms with Crippen LogP contribution in [0.1, 0.15) is 0 Å². The standard InChI is InChI=1S/C20H15FN6O/c1-27-20-17(19(22)23-10-24-20)18(26-27)15-8-11-7-13(21)16(9-14(11)25-15)28-12-5-3-2-4-6-12/h2-10,25H,1H3,(H2,22,23,24). The van der Waals surface area contributed by atoms with E-state index in [9.17, 15) is 4.39 Å². The van der Waals surface area contributed by atoms with Crippen molar-refractivity contribution in [2.75, 3.05) is 5.73 Å². The molecule has 0 fully saturated rings. The Morgan fingerprint density at radius 3 is 2.75 bits per heavy atom. The maximum Gasteiger partial charge on any atom is 0.166 e. The molecule has 28 heavy (non-hydrogen) atoms. The number of nitrogens with two attached hydrogens (primary N) is 1. The second-order valence-electron chi connectivity index (χ2n) is 6.40. The first kappa shape index (κ1) is 16.2. The van der Waals surface area contributed by atoms with Gasteiger partial charge in [0, 0.05) is 24.0 Å². The largest absolute Gasteiger partial charge is 0.454 e. The molecule has 5 rings (SSSR count). The zero-order valence-electron chi connectivity index (χ0n) is 14.8. The molecule has 0 aliphatic rings. The summed E-state index contributed by atoms with van der Waals surface area (Å²) >= 11 is 0. The van der Waals surface area contributed by atoms with E-state index in [1.807, 2.05) is 24.3 Å². The maximum absolute atomic E-state index is 14.5. The Labute approximate surface area is 158 Å². The number of anilines is 1. The molecule has 0 aliphatic carbocycles. The Balaban J connectivity index is 1.63. The smallest absolute Gasteiger partial charge is 0.166 e. The number of nitrogen functional groups attached to an aromatic ring is 1. The Hall–Kier alpha value is -3.94. The number of nitrogens with one attached hydrogen (secondary N) is 1. The second kappa shape index (κ2) is 6.05. The van der Waals surface area contributed by atoms with Crippen LogP contribution in [0.3, 0.4) is 0 Å². The summed E-state index contributed by atoms with van der Waals surface area (Å²) in [5.74, 6) is 0.593. The van der Waals surface area contributed by atoms with Gasteiger partial charge in [-0.15, -0.1) is 0 Å². The maximum atomic E-state index is 14.5. The lowest BCUT2D eigenvalue weighted by atomic mass is 10.2. The zero-order valence-corrected chi connectivity index (χ0v) is 14.8. The molecule has 0 unspecified atom stereocenters. The number of fused-ring (bicyclic) bond motifs is 2. The van der Waals surface area contributed by atoms with Crippen molar-refractivity contribution in [2.24, 2.45) is 7.05 Å². The van der Waals surface area contributed by atoms with Crippen LogP contribution < -0.4 is 10.5 Å². The van der Waals surface area contributed by atoms with Crippen molar-refractivity contribution in [3.63, 3.8) is 0 Å². The van der Waals surface area contributed by atoms with Gasteiger partial charge in [0.05, 0.1) is 11.1 Å². The van der Waals surface area contributed by atoms with Gasteiger partial charge in [0.1, 0.15) is 23.6 Å². The number of aryl methyl sites for hydroxylation is 1. The summed E-state index contributed by atoms with van der Waals surface area (Å²) in [5, 5.41) is 5.85. The molecule has 2 aromatic carbocycles. The fourth-order valence-electron chi connectivity index (χ4n) is 3.25. The van der Waals surface area contributed by atoms with Crippen molar-refractivity contribution in [1.82, 2.24) is 24.7 Å². The molecule has 0 aliphatic heterocycles. The van der Waals surface area contributed by atoms with Gasteiger partial charge < -0.3 is 15.5 Å². The fraction of sp³-hybridized carbons (Fsp3) is 0.0500. The summed E-state index contributed by atoms with van der Waals surface area (Å²) < 4.78 is 21.8. The molecule has 138 valence electrons. The minimum Gasteiger partial charge on any atom is -0.454 e. The number of benzene rings is 2. The number of halogens is 1. The van der Waals surface area contributed by atoms with Crippen molar-refractivity contribution in [2.45, 2.75) is 0 Å². The summed E-state index contributed by atoms with van der Waals surface area (Å²) in [6.45, 7) is 0. The zero-order chi connectivity index (χ0) is 19.3. The first-order valence-corrected chi connectivity index (χ1v) is 8.59. The van der Waals surface area contributed by atoms with E-state index >= 15 is 0 Å². The predicted molar refractivity (Wildman–Crippen MR) is 104 cm³/mol. The number of hydrogen-bond donors (Lipinski definition) is 2. The van der Waals surface area contributed by atoms with E-state index in [-0.39, 0.29) is 5.75 Å². The SMILES string of the molecule is Cn1nc(-c2cc3cc(F)c(Oc4ccccc4)cc3[nH]2)c2c(N)ncnc21. The van der Waals surface area contributed by atoms with E-state index in [2.05, 4.69) is 20.1 Å². The molecular formula is C20H15FN6O. The minimum atomic E-state index is -0.448. The van der Waals surface area contributed by atoms with E-state index in [4.69, 9.17) is 10.5 Å². The van der Waals surface area contributed by atoms with Crippen LogP contribution >= 0.6 is 0 Å². The Kier molecular flexibility index (Phi) is 3.51. The summed E-state index contributed by atoms with van der Waals surface area (Å²) in [5.41, 5.74) is 8.68.